The molecule has 0 aliphatic carbocycles. The van der Waals surface area contributed by atoms with Crippen LogP contribution in [0, 0.1) is 0 Å². The second-order valence-corrected chi connectivity index (χ2v) is 6.02. The number of rotatable bonds is 8. The molecule has 0 aromatic heterocycles. The van der Waals surface area contributed by atoms with E-state index in [9.17, 15) is 24.0 Å². The predicted molar refractivity (Wildman–Crippen MR) is 88.9 cm³/mol. The van der Waals surface area contributed by atoms with E-state index >= 15 is 0 Å². The summed E-state index contributed by atoms with van der Waals surface area (Å²) in [5.41, 5.74) is -1.01. The standard InChI is InChI=1S/C16H25N3O7/c1-5-7-16(8-6-2)13(22)19(14(23)18-16)9-11(20)26-10(3)12(21)17-15(24)25-4/h10H,5-9H2,1-4H3,(H,18,23)(H,17,21,24)/t10-/m0/s1. The number of alkyl carbamates (subject to hydrolysis) is 1. The molecular formula is C16H25N3O7. The van der Waals surface area contributed by atoms with Crippen LogP contribution in [0.25, 0.3) is 0 Å². The molecule has 1 aliphatic rings. The van der Waals surface area contributed by atoms with Gasteiger partial charge in [0.2, 0.25) is 0 Å². The van der Waals surface area contributed by atoms with Crippen molar-refractivity contribution in [3.05, 3.63) is 0 Å². The third-order valence-electron chi connectivity index (χ3n) is 3.97. The van der Waals surface area contributed by atoms with Crippen molar-refractivity contribution in [2.45, 2.75) is 58.1 Å². The maximum Gasteiger partial charge on any atom is 0.413 e. The molecule has 1 atom stereocenters. The van der Waals surface area contributed by atoms with Crippen molar-refractivity contribution in [2.75, 3.05) is 13.7 Å². The molecule has 10 nitrogen and oxygen atoms in total. The minimum absolute atomic E-state index is 0.467. The highest BCUT2D eigenvalue weighted by Gasteiger charge is 2.50. The fourth-order valence-corrected chi connectivity index (χ4v) is 2.81. The molecule has 2 N–H and O–H groups in total. The zero-order valence-electron chi connectivity index (χ0n) is 15.4. The number of ether oxygens (including phenoxy) is 2. The molecular weight excluding hydrogens is 346 g/mol. The summed E-state index contributed by atoms with van der Waals surface area (Å²) in [6, 6.07) is -0.666. The minimum Gasteiger partial charge on any atom is -0.453 e. The summed E-state index contributed by atoms with van der Waals surface area (Å²) in [5, 5.41) is 4.53. The van der Waals surface area contributed by atoms with Gasteiger partial charge in [-0.2, -0.15) is 0 Å². The van der Waals surface area contributed by atoms with Crippen LogP contribution < -0.4 is 10.6 Å². The van der Waals surface area contributed by atoms with E-state index in [2.05, 4.69) is 10.1 Å². The monoisotopic (exact) mass is 371 g/mol. The highest BCUT2D eigenvalue weighted by atomic mass is 16.6. The van der Waals surface area contributed by atoms with Gasteiger partial charge in [0.25, 0.3) is 11.8 Å². The number of urea groups is 1. The van der Waals surface area contributed by atoms with E-state index in [0.29, 0.717) is 25.7 Å². The van der Waals surface area contributed by atoms with Crippen molar-refractivity contribution in [3.63, 3.8) is 0 Å². The molecule has 0 spiro atoms. The van der Waals surface area contributed by atoms with Gasteiger partial charge in [0.1, 0.15) is 12.1 Å². The third-order valence-corrected chi connectivity index (χ3v) is 3.97. The Kier molecular flexibility index (Phi) is 7.54. The average Bonchev–Trinajstić information content (AvgIpc) is 2.79. The van der Waals surface area contributed by atoms with E-state index in [0.717, 1.165) is 12.0 Å². The van der Waals surface area contributed by atoms with E-state index in [1.807, 2.05) is 19.2 Å². The predicted octanol–water partition coefficient (Wildman–Crippen LogP) is 0.692. The number of methoxy groups -OCH3 is 1. The van der Waals surface area contributed by atoms with E-state index < -0.39 is 48.1 Å². The van der Waals surface area contributed by atoms with Gasteiger partial charge in [0.15, 0.2) is 6.10 Å². The molecule has 0 aromatic carbocycles. The molecule has 1 aliphatic heterocycles. The topological polar surface area (TPSA) is 131 Å². The molecule has 0 saturated carbocycles. The van der Waals surface area contributed by atoms with Crippen molar-refractivity contribution in [2.24, 2.45) is 0 Å². The summed E-state index contributed by atoms with van der Waals surface area (Å²) in [5.74, 6) is -2.30. The number of hydrogen-bond acceptors (Lipinski definition) is 7. The number of hydrogen-bond donors (Lipinski definition) is 2. The van der Waals surface area contributed by atoms with Crippen LogP contribution in [0.1, 0.15) is 46.5 Å². The van der Waals surface area contributed by atoms with Gasteiger partial charge < -0.3 is 14.8 Å². The molecule has 5 amide bonds. The number of carbonyl (C=O) groups is 5. The number of carbonyl (C=O) groups excluding carboxylic acids is 5. The fraction of sp³-hybridized carbons (Fsp3) is 0.688. The normalized spacial score (nSPS) is 16.7. The summed E-state index contributed by atoms with van der Waals surface area (Å²) in [4.78, 5) is 60.2. The second-order valence-electron chi connectivity index (χ2n) is 6.02. The molecule has 1 fully saturated rings. The lowest BCUT2D eigenvalue weighted by atomic mass is 9.88. The Balaban J connectivity index is 2.71. The number of imide groups is 2. The van der Waals surface area contributed by atoms with Crippen LogP contribution in [-0.4, -0.2) is 60.1 Å². The fourth-order valence-electron chi connectivity index (χ4n) is 2.81. The molecule has 10 heteroatoms. The Morgan fingerprint density at radius 3 is 2.27 bits per heavy atom. The summed E-state index contributed by atoms with van der Waals surface area (Å²) in [6.45, 7) is 4.43. The van der Waals surface area contributed by atoms with Crippen LogP contribution >= 0.6 is 0 Å². The van der Waals surface area contributed by atoms with E-state index in [-0.39, 0.29) is 0 Å². The van der Waals surface area contributed by atoms with Gasteiger partial charge in [-0.05, 0) is 19.8 Å². The molecule has 1 saturated heterocycles. The Bertz CT molecular complexity index is 584. The van der Waals surface area contributed by atoms with Gasteiger partial charge in [-0.25, -0.2) is 9.59 Å². The van der Waals surface area contributed by atoms with Crippen LogP contribution in [0.4, 0.5) is 9.59 Å². The van der Waals surface area contributed by atoms with E-state index in [1.165, 1.54) is 6.92 Å². The van der Waals surface area contributed by atoms with Crippen LogP contribution in [0.2, 0.25) is 0 Å². The summed E-state index contributed by atoms with van der Waals surface area (Å²) in [7, 11) is 1.08. The van der Waals surface area contributed by atoms with Crippen molar-refractivity contribution in [1.29, 1.82) is 0 Å². The highest BCUT2D eigenvalue weighted by molar-refractivity contribution is 6.08. The first-order valence-electron chi connectivity index (χ1n) is 8.43. The second kappa shape index (κ2) is 9.16. The lowest BCUT2D eigenvalue weighted by molar-refractivity contribution is -0.156. The molecule has 0 unspecified atom stereocenters. The Hall–Kier alpha value is -2.65. The first-order chi connectivity index (χ1) is 12.2. The molecule has 1 rings (SSSR count). The summed E-state index contributed by atoms with van der Waals surface area (Å²) >= 11 is 0. The minimum atomic E-state index is -1.29. The lowest BCUT2D eigenvalue weighted by Crippen LogP contribution is -2.47. The summed E-state index contributed by atoms with van der Waals surface area (Å²) < 4.78 is 9.13. The first kappa shape index (κ1) is 21.4. The lowest BCUT2D eigenvalue weighted by Gasteiger charge is -2.25. The molecule has 0 radical (unpaired) electrons. The zero-order chi connectivity index (χ0) is 19.9. The SMILES string of the molecule is CCCC1(CCC)NC(=O)N(CC(=O)O[C@@H](C)C(=O)NC(=O)OC)C1=O. The van der Waals surface area contributed by atoms with Crippen LogP contribution in [0.3, 0.4) is 0 Å². The van der Waals surface area contributed by atoms with Gasteiger partial charge in [-0.15, -0.1) is 0 Å². The third kappa shape index (κ3) is 4.93. The van der Waals surface area contributed by atoms with Crippen molar-refractivity contribution < 1.29 is 33.4 Å². The zero-order valence-corrected chi connectivity index (χ0v) is 15.4. The number of amides is 5. The maximum absolute atomic E-state index is 12.7. The number of esters is 1. The van der Waals surface area contributed by atoms with Gasteiger partial charge >= 0.3 is 18.1 Å². The highest BCUT2D eigenvalue weighted by Crippen LogP contribution is 2.27. The molecule has 1 heterocycles. The quantitative estimate of drug-likeness (QED) is 0.474. The van der Waals surface area contributed by atoms with E-state index in [1.54, 1.807) is 0 Å². The van der Waals surface area contributed by atoms with Crippen LogP contribution in [-0.2, 0) is 23.9 Å². The first-order valence-corrected chi connectivity index (χ1v) is 8.43. The van der Waals surface area contributed by atoms with Crippen LogP contribution in [0.15, 0.2) is 0 Å². The molecule has 0 bridgehead atoms. The van der Waals surface area contributed by atoms with Crippen molar-refractivity contribution >= 4 is 29.9 Å². The van der Waals surface area contributed by atoms with Crippen molar-refractivity contribution in [3.8, 4) is 0 Å². The maximum atomic E-state index is 12.7. The largest absolute Gasteiger partial charge is 0.453 e. The average molecular weight is 371 g/mol. The van der Waals surface area contributed by atoms with Crippen LogP contribution in [0.5, 0.6) is 0 Å². The van der Waals surface area contributed by atoms with Gasteiger partial charge in [-0.3, -0.25) is 24.6 Å². The van der Waals surface area contributed by atoms with Gasteiger partial charge in [-0.1, -0.05) is 26.7 Å². The Morgan fingerprint density at radius 2 is 1.77 bits per heavy atom. The summed E-state index contributed by atoms with van der Waals surface area (Å²) in [6.07, 6.45) is 0.0303. The number of nitrogens with one attached hydrogen (secondary N) is 2. The smallest absolute Gasteiger partial charge is 0.413 e. The van der Waals surface area contributed by atoms with Crippen molar-refractivity contribution in [1.82, 2.24) is 15.5 Å². The molecule has 26 heavy (non-hydrogen) atoms. The van der Waals surface area contributed by atoms with Gasteiger partial charge in [0.05, 0.1) is 7.11 Å². The number of nitrogens with zero attached hydrogens (tertiary/aromatic N) is 1. The van der Waals surface area contributed by atoms with Gasteiger partial charge in [0, 0.05) is 0 Å². The molecule has 0 aromatic rings. The Labute approximate surface area is 151 Å². The van der Waals surface area contributed by atoms with E-state index in [4.69, 9.17) is 4.74 Å². The Morgan fingerprint density at radius 1 is 1.19 bits per heavy atom. The molecule has 146 valence electrons.